The summed E-state index contributed by atoms with van der Waals surface area (Å²) in [5.41, 5.74) is 0.0795. The number of rotatable bonds is 4. The number of hydrogen-bond acceptors (Lipinski definition) is 5. The Labute approximate surface area is 159 Å². The zero-order valence-corrected chi connectivity index (χ0v) is 15.5. The van der Waals surface area contributed by atoms with Crippen LogP contribution in [0.15, 0.2) is 24.3 Å². The molecule has 1 aromatic rings. The Morgan fingerprint density at radius 3 is 3.07 bits per heavy atom. The Balaban J connectivity index is 1.37. The number of amides is 2. The molecular weight excluding hydrogens is 346 g/mol. The smallest absolute Gasteiger partial charge is 0.255 e. The topological polar surface area (TPSA) is 79.9 Å². The minimum atomic E-state index is -0.491. The van der Waals surface area contributed by atoms with Gasteiger partial charge < -0.3 is 20.1 Å². The van der Waals surface area contributed by atoms with E-state index in [9.17, 15) is 9.59 Å². The molecule has 0 aromatic heterocycles. The minimum Gasteiger partial charge on any atom is -0.483 e. The van der Waals surface area contributed by atoms with E-state index >= 15 is 0 Å². The fraction of sp³-hybridized carbons (Fsp3) is 0.600. The van der Waals surface area contributed by atoms with Crippen molar-refractivity contribution in [1.82, 2.24) is 15.5 Å². The molecule has 0 aliphatic carbocycles. The number of nitrogens with zero attached hydrogens (tertiary/aromatic N) is 1. The standard InChI is InChI=1S/C20H27N3O4/c24-18(21-11-15-5-3-10-26-15)12-23-9-4-8-20(14-23)13-22-19(25)16-6-1-2-7-17(16)27-20/h1-2,6-7,15H,3-5,8-14H2,(H,21,24)(H,22,25)/t15-,20-/m1/s1. The first-order valence-electron chi connectivity index (χ1n) is 9.80. The van der Waals surface area contributed by atoms with Crippen LogP contribution in [0, 0.1) is 0 Å². The number of nitrogens with one attached hydrogen (secondary N) is 2. The third-order valence-corrected chi connectivity index (χ3v) is 5.57. The highest BCUT2D eigenvalue weighted by atomic mass is 16.5. The molecule has 7 nitrogen and oxygen atoms in total. The van der Waals surface area contributed by atoms with Crippen LogP contribution in [0.1, 0.15) is 36.0 Å². The highest BCUT2D eigenvalue weighted by Crippen LogP contribution is 2.31. The molecule has 2 amide bonds. The van der Waals surface area contributed by atoms with E-state index in [4.69, 9.17) is 9.47 Å². The zero-order valence-electron chi connectivity index (χ0n) is 15.5. The van der Waals surface area contributed by atoms with Gasteiger partial charge >= 0.3 is 0 Å². The number of ether oxygens (including phenoxy) is 2. The first-order valence-corrected chi connectivity index (χ1v) is 9.80. The number of benzene rings is 1. The summed E-state index contributed by atoms with van der Waals surface area (Å²) >= 11 is 0. The average Bonchev–Trinajstić information content (AvgIpc) is 3.15. The van der Waals surface area contributed by atoms with Gasteiger partial charge in [-0.3, -0.25) is 14.5 Å². The Kier molecular flexibility index (Phi) is 5.31. The van der Waals surface area contributed by atoms with Crippen LogP contribution >= 0.6 is 0 Å². The van der Waals surface area contributed by atoms with Gasteiger partial charge in [0.2, 0.25) is 5.91 Å². The van der Waals surface area contributed by atoms with Crippen molar-refractivity contribution < 1.29 is 19.1 Å². The van der Waals surface area contributed by atoms with Crippen LogP contribution in [0.3, 0.4) is 0 Å². The molecule has 3 aliphatic heterocycles. The fourth-order valence-electron chi connectivity index (χ4n) is 4.19. The van der Waals surface area contributed by atoms with Gasteiger partial charge in [-0.2, -0.15) is 0 Å². The van der Waals surface area contributed by atoms with Gasteiger partial charge in [0.05, 0.1) is 24.8 Å². The van der Waals surface area contributed by atoms with Crippen LogP contribution in [0.25, 0.3) is 0 Å². The quantitative estimate of drug-likeness (QED) is 0.821. The third kappa shape index (κ3) is 4.25. The Morgan fingerprint density at radius 1 is 1.33 bits per heavy atom. The normalized spacial score (nSPS) is 28.1. The van der Waals surface area contributed by atoms with E-state index in [0.29, 0.717) is 37.5 Å². The van der Waals surface area contributed by atoms with Crippen LogP contribution < -0.4 is 15.4 Å². The number of piperidine rings is 1. The van der Waals surface area contributed by atoms with E-state index < -0.39 is 5.60 Å². The molecule has 146 valence electrons. The first-order chi connectivity index (χ1) is 13.1. The molecule has 1 aromatic carbocycles. The maximum absolute atomic E-state index is 12.3. The van der Waals surface area contributed by atoms with E-state index in [2.05, 4.69) is 15.5 Å². The van der Waals surface area contributed by atoms with Crippen molar-refractivity contribution in [1.29, 1.82) is 0 Å². The lowest BCUT2D eigenvalue weighted by atomic mass is 9.92. The van der Waals surface area contributed by atoms with Crippen molar-refractivity contribution >= 4 is 11.8 Å². The molecule has 2 atom stereocenters. The molecule has 2 saturated heterocycles. The Bertz CT molecular complexity index is 704. The Morgan fingerprint density at radius 2 is 2.22 bits per heavy atom. The van der Waals surface area contributed by atoms with Gasteiger partial charge in [0.15, 0.2) is 0 Å². The molecule has 2 N–H and O–H groups in total. The van der Waals surface area contributed by atoms with E-state index in [0.717, 1.165) is 38.8 Å². The first kappa shape index (κ1) is 18.3. The van der Waals surface area contributed by atoms with E-state index in [1.165, 1.54) is 0 Å². The third-order valence-electron chi connectivity index (χ3n) is 5.57. The summed E-state index contributed by atoms with van der Waals surface area (Å²) in [7, 11) is 0. The van der Waals surface area contributed by atoms with Crippen molar-refractivity contribution in [3.63, 3.8) is 0 Å². The molecule has 27 heavy (non-hydrogen) atoms. The summed E-state index contributed by atoms with van der Waals surface area (Å²) < 4.78 is 11.9. The van der Waals surface area contributed by atoms with Crippen molar-refractivity contribution in [2.75, 3.05) is 39.3 Å². The minimum absolute atomic E-state index is 0.0145. The van der Waals surface area contributed by atoms with Crippen LogP contribution in [0.5, 0.6) is 5.75 Å². The van der Waals surface area contributed by atoms with Crippen molar-refractivity contribution in [3.8, 4) is 5.75 Å². The van der Waals surface area contributed by atoms with Crippen LogP contribution in [0.4, 0.5) is 0 Å². The average molecular weight is 373 g/mol. The second-order valence-electron chi connectivity index (χ2n) is 7.72. The van der Waals surface area contributed by atoms with Gasteiger partial charge in [0.1, 0.15) is 11.4 Å². The van der Waals surface area contributed by atoms with Crippen molar-refractivity contribution in [2.45, 2.75) is 37.4 Å². The largest absolute Gasteiger partial charge is 0.483 e. The molecule has 0 bridgehead atoms. The number of para-hydroxylation sites is 1. The molecule has 7 heteroatoms. The van der Waals surface area contributed by atoms with Crippen molar-refractivity contribution in [3.05, 3.63) is 29.8 Å². The van der Waals surface area contributed by atoms with Crippen LogP contribution in [0.2, 0.25) is 0 Å². The molecule has 4 rings (SSSR count). The summed E-state index contributed by atoms with van der Waals surface area (Å²) in [5.74, 6) is 0.534. The molecular formula is C20H27N3O4. The summed E-state index contributed by atoms with van der Waals surface area (Å²) in [5, 5.41) is 5.97. The van der Waals surface area contributed by atoms with Gasteiger partial charge in [-0.1, -0.05) is 12.1 Å². The molecule has 0 saturated carbocycles. The van der Waals surface area contributed by atoms with Crippen molar-refractivity contribution in [2.24, 2.45) is 0 Å². The van der Waals surface area contributed by atoms with E-state index in [1.54, 1.807) is 6.07 Å². The van der Waals surface area contributed by atoms with Crippen LogP contribution in [-0.4, -0.2) is 67.7 Å². The van der Waals surface area contributed by atoms with Crippen LogP contribution in [-0.2, 0) is 9.53 Å². The molecule has 0 unspecified atom stereocenters. The second kappa shape index (κ2) is 7.86. The molecule has 0 radical (unpaired) electrons. The number of carbonyl (C=O) groups excluding carboxylic acids is 2. The predicted molar refractivity (Wildman–Crippen MR) is 99.8 cm³/mol. The van der Waals surface area contributed by atoms with Gasteiger partial charge in [-0.05, 0) is 44.4 Å². The van der Waals surface area contributed by atoms with Gasteiger partial charge in [0.25, 0.3) is 5.91 Å². The summed E-state index contributed by atoms with van der Waals surface area (Å²) in [4.78, 5) is 26.8. The lowest BCUT2D eigenvalue weighted by Gasteiger charge is -2.41. The monoisotopic (exact) mass is 373 g/mol. The lowest BCUT2D eigenvalue weighted by Crippen LogP contribution is -2.58. The van der Waals surface area contributed by atoms with Gasteiger partial charge in [-0.25, -0.2) is 0 Å². The molecule has 3 aliphatic rings. The number of carbonyl (C=O) groups is 2. The van der Waals surface area contributed by atoms with Gasteiger partial charge in [-0.15, -0.1) is 0 Å². The second-order valence-corrected chi connectivity index (χ2v) is 7.72. The summed E-state index contributed by atoms with van der Waals surface area (Å²) in [6, 6.07) is 7.34. The maximum atomic E-state index is 12.3. The lowest BCUT2D eigenvalue weighted by molar-refractivity contribution is -0.124. The van der Waals surface area contributed by atoms with E-state index in [-0.39, 0.29) is 17.9 Å². The maximum Gasteiger partial charge on any atom is 0.255 e. The number of likely N-dealkylation sites (tertiary alicyclic amines) is 1. The highest BCUT2D eigenvalue weighted by molar-refractivity contribution is 5.97. The Hall–Kier alpha value is -2.12. The van der Waals surface area contributed by atoms with E-state index in [1.807, 2.05) is 18.2 Å². The van der Waals surface area contributed by atoms with Gasteiger partial charge in [0, 0.05) is 19.7 Å². The summed E-state index contributed by atoms with van der Waals surface area (Å²) in [6.45, 7) is 3.64. The highest BCUT2D eigenvalue weighted by Gasteiger charge is 2.41. The molecule has 1 spiro atoms. The molecule has 2 fully saturated rings. The SMILES string of the molecule is O=C(CN1CCC[C@@]2(CNC(=O)c3ccccc3O2)C1)NC[C@H]1CCCO1. The predicted octanol–water partition coefficient (Wildman–Crippen LogP) is 0.939. The number of hydrogen-bond donors (Lipinski definition) is 2. The summed E-state index contributed by atoms with van der Waals surface area (Å²) in [6.07, 6.45) is 4.02. The molecule has 3 heterocycles. The zero-order chi connectivity index (χ0) is 18.7. The number of fused-ring (bicyclic) bond motifs is 1. The fourth-order valence-corrected chi connectivity index (χ4v) is 4.19.